The summed E-state index contributed by atoms with van der Waals surface area (Å²) in [4.78, 5) is 6.33. The lowest BCUT2D eigenvalue weighted by atomic mass is 10.0. The van der Waals surface area contributed by atoms with E-state index in [0.717, 1.165) is 17.8 Å². The Morgan fingerprint density at radius 1 is 0.893 bits per heavy atom. The number of fused-ring (bicyclic) bond motifs is 1. The smallest absolute Gasteiger partial charge is 0.0853 e. The van der Waals surface area contributed by atoms with E-state index < -0.39 is 0 Å². The molecule has 0 heterocycles. The molecule has 0 aliphatic rings. The van der Waals surface area contributed by atoms with E-state index in [1.54, 1.807) is 6.08 Å². The number of hydrogen-bond acceptors (Lipinski definition) is 2. The number of aliphatic imine (C=N–C) groups is 1. The average Bonchev–Trinajstić information content (AvgIpc) is 2.76. The summed E-state index contributed by atoms with van der Waals surface area (Å²) in [5, 5.41) is 2.52. The van der Waals surface area contributed by atoms with E-state index in [9.17, 15) is 0 Å². The van der Waals surface area contributed by atoms with Crippen LogP contribution in [0.3, 0.4) is 0 Å². The second-order valence-corrected chi connectivity index (χ2v) is 6.63. The predicted molar refractivity (Wildman–Crippen MR) is 123 cm³/mol. The molecule has 0 radical (unpaired) electrons. The third-order valence-electron chi connectivity index (χ3n) is 4.90. The van der Waals surface area contributed by atoms with Gasteiger partial charge in [-0.15, -0.1) is 0 Å². The SMILES string of the molecule is C=C/C(N=C)=C(\C=C)N(Cc1ccc2cc(CC)ccc2c1)c1ccccc1. The topological polar surface area (TPSA) is 15.6 Å². The molecular formula is C26H26N2. The van der Waals surface area contributed by atoms with Crippen molar-refractivity contribution >= 4 is 23.2 Å². The third kappa shape index (κ3) is 4.12. The Labute approximate surface area is 167 Å². The zero-order chi connectivity index (χ0) is 19.9. The second kappa shape index (κ2) is 9.01. The molecular weight excluding hydrogens is 340 g/mol. The molecule has 0 amide bonds. The highest BCUT2D eigenvalue weighted by Gasteiger charge is 2.14. The number of anilines is 1. The van der Waals surface area contributed by atoms with Crippen molar-refractivity contribution in [2.75, 3.05) is 4.90 Å². The molecule has 0 N–H and O–H groups in total. The Morgan fingerprint density at radius 3 is 2.11 bits per heavy atom. The van der Waals surface area contributed by atoms with E-state index in [1.807, 2.05) is 24.3 Å². The lowest BCUT2D eigenvalue weighted by Gasteiger charge is -2.27. The number of hydrogen-bond donors (Lipinski definition) is 0. The summed E-state index contributed by atoms with van der Waals surface area (Å²) in [5.74, 6) is 0. The largest absolute Gasteiger partial charge is 0.335 e. The molecule has 3 rings (SSSR count). The maximum absolute atomic E-state index is 4.13. The van der Waals surface area contributed by atoms with E-state index in [2.05, 4.69) is 85.2 Å². The highest BCUT2D eigenvalue weighted by molar-refractivity contribution is 5.84. The lowest BCUT2D eigenvalue weighted by molar-refractivity contribution is 0.925. The van der Waals surface area contributed by atoms with Crippen LogP contribution < -0.4 is 4.90 Å². The minimum atomic E-state index is 0.698. The molecule has 0 fully saturated rings. The standard InChI is InChI=1S/C26H26N2/c1-5-20-13-15-23-18-21(14-16-22(23)17-20)19-28(24-11-9-8-10-12-24)26(7-3)25(6-2)27-4/h6-18H,2-5,19H2,1H3/b26-25-. The molecule has 3 aromatic carbocycles. The first-order valence-corrected chi connectivity index (χ1v) is 9.50. The highest BCUT2D eigenvalue weighted by Crippen LogP contribution is 2.27. The summed E-state index contributed by atoms with van der Waals surface area (Å²) >= 11 is 0. The summed E-state index contributed by atoms with van der Waals surface area (Å²) in [7, 11) is 0. The van der Waals surface area contributed by atoms with E-state index in [-0.39, 0.29) is 0 Å². The van der Waals surface area contributed by atoms with Crippen LogP contribution in [0.2, 0.25) is 0 Å². The molecule has 0 spiro atoms. The number of nitrogens with zero attached hydrogens (tertiary/aromatic N) is 2. The van der Waals surface area contributed by atoms with Crippen LogP contribution in [-0.2, 0) is 13.0 Å². The fourth-order valence-electron chi connectivity index (χ4n) is 3.37. The van der Waals surface area contributed by atoms with E-state index >= 15 is 0 Å². The lowest BCUT2D eigenvalue weighted by Crippen LogP contribution is -2.22. The first-order valence-electron chi connectivity index (χ1n) is 9.50. The quantitative estimate of drug-likeness (QED) is 0.320. The van der Waals surface area contributed by atoms with Gasteiger partial charge < -0.3 is 4.90 Å². The minimum absolute atomic E-state index is 0.698. The Bertz CT molecular complexity index is 1020. The normalized spacial score (nSPS) is 11.6. The molecule has 140 valence electrons. The summed E-state index contributed by atoms with van der Waals surface area (Å²) in [6.45, 7) is 14.4. The van der Waals surface area contributed by atoms with Gasteiger partial charge in [0.25, 0.3) is 0 Å². The van der Waals surface area contributed by atoms with Crippen LogP contribution in [0.5, 0.6) is 0 Å². The van der Waals surface area contributed by atoms with Gasteiger partial charge in [0.05, 0.1) is 11.4 Å². The summed E-state index contributed by atoms with van der Waals surface area (Å²) < 4.78 is 0. The molecule has 2 heteroatoms. The van der Waals surface area contributed by atoms with E-state index in [1.165, 1.54) is 21.9 Å². The Morgan fingerprint density at radius 2 is 1.54 bits per heavy atom. The molecule has 0 saturated carbocycles. The molecule has 0 aliphatic carbocycles. The fourth-order valence-corrected chi connectivity index (χ4v) is 3.37. The van der Waals surface area contributed by atoms with E-state index in [0.29, 0.717) is 12.2 Å². The monoisotopic (exact) mass is 366 g/mol. The maximum atomic E-state index is 4.13. The van der Waals surface area contributed by atoms with Gasteiger partial charge in [-0.2, -0.15) is 0 Å². The van der Waals surface area contributed by atoms with Crippen molar-refractivity contribution in [3.05, 3.63) is 115 Å². The predicted octanol–water partition coefficient (Wildman–Crippen LogP) is 6.69. The van der Waals surface area contributed by atoms with Gasteiger partial charge in [-0.05, 0) is 65.4 Å². The molecule has 0 aromatic heterocycles. The van der Waals surface area contributed by atoms with Crippen LogP contribution in [-0.4, -0.2) is 6.72 Å². The van der Waals surface area contributed by atoms with E-state index in [4.69, 9.17) is 0 Å². The summed E-state index contributed by atoms with van der Waals surface area (Å²) in [5.41, 5.74) is 5.25. The highest BCUT2D eigenvalue weighted by atomic mass is 15.1. The summed E-state index contributed by atoms with van der Waals surface area (Å²) in [6, 6.07) is 23.6. The van der Waals surface area contributed by atoms with Crippen LogP contribution in [0, 0.1) is 0 Å². The fraction of sp³-hybridized carbons (Fsp3) is 0.115. The van der Waals surface area contributed by atoms with Crippen LogP contribution in [0.1, 0.15) is 18.1 Å². The zero-order valence-electron chi connectivity index (χ0n) is 16.4. The Hall–Kier alpha value is -3.39. The van der Waals surface area contributed by atoms with Crippen molar-refractivity contribution in [3.63, 3.8) is 0 Å². The number of rotatable bonds is 8. The molecule has 0 bridgehead atoms. The van der Waals surface area contributed by atoms with Gasteiger partial charge in [0.2, 0.25) is 0 Å². The van der Waals surface area contributed by atoms with Crippen molar-refractivity contribution in [1.82, 2.24) is 0 Å². The minimum Gasteiger partial charge on any atom is -0.335 e. The third-order valence-corrected chi connectivity index (χ3v) is 4.90. The van der Waals surface area contributed by atoms with Crippen LogP contribution in [0.15, 0.2) is 108 Å². The number of benzene rings is 3. The molecule has 28 heavy (non-hydrogen) atoms. The van der Waals surface area contributed by atoms with Crippen LogP contribution in [0.4, 0.5) is 5.69 Å². The molecule has 0 saturated heterocycles. The Kier molecular flexibility index (Phi) is 6.23. The summed E-state index contributed by atoms with van der Waals surface area (Å²) in [6.07, 6.45) is 4.58. The van der Waals surface area contributed by atoms with Crippen molar-refractivity contribution < 1.29 is 0 Å². The molecule has 2 nitrogen and oxygen atoms in total. The first-order chi connectivity index (χ1) is 13.7. The number of allylic oxidation sites excluding steroid dienone is 2. The van der Waals surface area contributed by atoms with Gasteiger partial charge in [-0.25, -0.2) is 0 Å². The molecule has 0 unspecified atom stereocenters. The maximum Gasteiger partial charge on any atom is 0.0853 e. The second-order valence-electron chi connectivity index (χ2n) is 6.63. The zero-order valence-corrected chi connectivity index (χ0v) is 16.4. The van der Waals surface area contributed by atoms with Gasteiger partial charge >= 0.3 is 0 Å². The van der Waals surface area contributed by atoms with Crippen LogP contribution >= 0.6 is 0 Å². The van der Waals surface area contributed by atoms with Crippen molar-refractivity contribution in [1.29, 1.82) is 0 Å². The van der Waals surface area contributed by atoms with Crippen molar-refractivity contribution in [2.24, 2.45) is 4.99 Å². The molecule has 3 aromatic rings. The Balaban J connectivity index is 2.05. The number of para-hydroxylation sites is 1. The van der Waals surface area contributed by atoms with Gasteiger partial charge in [-0.3, -0.25) is 4.99 Å². The molecule has 0 aliphatic heterocycles. The van der Waals surface area contributed by atoms with Gasteiger partial charge in [0.15, 0.2) is 0 Å². The van der Waals surface area contributed by atoms with Crippen molar-refractivity contribution in [2.45, 2.75) is 19.9 Å². The van der Waals surface area contributed by atoms with Crippen LogP contribution in [0.25, 0.3) is 10.8 Å². The van der Waals surface area contributed by atoms with Gasteiger partial charge in [0, 0.05) is 12.2 Å². The first kappa shape index (κ1) is 19.4. The molecule has 0 atom stereocenters. The average molecular weight is 367 g/mol. The van der Waals surface area contributed by atoms with Gasteiger partial charge in [-0.1, -0.05) is 68.6 Å². The van der Waals surface area contributed by atoms with Crippen molar-refractivity contribution in [3.8, 4) is 0 Å². The van der Waals surface area contributed by atoms with Gasteiger partial charge in [0.1, 0.15) is 0 Å². The number of aryl methyl sites for hydroxylation is 1.